The van der Waals surface area contributed by atoms with E-state index in [0.717, 1.165) is 13.0 Å². The molecular weight excluding hydrogens is 208 g/mol. The fraction of sp³-hybridized carbons (Fsp3) is 0.909. The third kappa shape index (κ3) is 7.62. The number of aliphatic hydroxyl groups excluding tert-OH is 1. The molecule has 0 saturated heterocycles. The lowest BCUT2D eigenvalue weighted by molar-refractivity contribution is -0.123. The molecule has 5 nitrogen and oxygen atoms in total. The summed E-state index contributed by atoms with van der Waals surface area (Å²) in [4.78, 5) is 13.5. The molecule has 0 aliphatic carbocycles. The summed E-state index contributed by atoms with van der Waals surface area (Å²) in [6, 6.07) is 0.0232. The number of hydrogen-bond acceptors (Lipinski definition) is 4. The zero-order valence-corrected chi connectivity index (χ0v) is 10.5. The van der Waals surface area contributed by atoms with Gasteiger partial charge in [0.05, 0.1) is 19.8 Å². The van der Waals surface area contributed by atoms with Gasteiger partial charge >= 0.3 is 0 Å². The number of amides is 1. The van der Waals surface area contributed by atoms with E-state index >= 15 is 0 Å². The van der Waals surface area contributed by atoms with Gasteiger partial charge in [0.1, 0.15) is 0 Å². The van der Waals surface area contributed by atoms with Crippen molar-refractivity contribution in [3.8, 4) is 0 Å². The minimum Gasteiger partial charge on any atom is -0.395 e. The Morgan fingerprint density at radius 3 is 2.69 bits per heavy atom. The Bertz CT molecular complexity index is 182. The van der Waals surface area contributed by atoms with Gasteiger partial charge in [-0.1, -0.05) is 6.92 Å². The Hall–Kier alpha value is -0.650. The van der Waals surface area contributed by atoms with E-state index in [4.69, 9.17) is 9.84 Å². The van der Waals surface area contributed by atoms with Crippen LogP contribution in [0.1, 0.15) is 20.3 Å². The van der Waals surface area contributed by atoms with Crippen LogP contribution in [0, 0.1) is 0 Å². The molecule has 0 aromatic carbocycles. The Morgan fingerprint density at radius 1 is 1.50 bits per heavy atom. The van der Waals surface area contributed by atoms with Gasteiger partial charge in [0.2, 0.25) is 5.91 Å². The summed E-state index contributed by atoms with van der Waals surface area (Å²) in [5.41, 5.74) is 0. The summed E-state index contributed by atoms with van der Waals surface area (Å²) in [6.07, 6.45) is 0.973. The van der Waals surface area contributed by atoms with Crippen LogP contribution in [0.5, 0.6) is 0 Å². The highest BCUT2D eigenvalue weighted by atomic mass is 16.5. The summed E-state index contributed by atoms with van der Waals surface area (Å²) >= 11 is 0. The fourth-order valence-electron chi connectivity index (χ4n) is 1.54. The maximum absolute atomic E-state index is 11.6. The number of nitrogens with zero attached hydrogens (tertiary/aromatic N) is 1. The third-order valence-electron chi connectivity index (χ3n) is 2.15. The summed E-state index contributed by atoms with van der Waals surface area (Å²) < 4.78 is 4.94. The monoisotopic (exact) mass is 232 g/mol. The maximum atomic E-state index is 11.6. The number of carbonyl (C=O) groups is 1. The predicted molar refractivity (Wildman–Crippen MR) is 63.3 cm³/mol. The molecular formula is C11H24N2O3. The second kappa shape index (κ2) is 9.57. The van der Waals surface area contributed by atoms with E-state index in [1.807, 2.05) is 11.8 Å². The molecule has 2 N–H and O–H groups in total. The van der Waals surface area contributed by atoms with Gasteiger partial charge in [0.15, 0.2) is 0 Å². The first-order valence-corrected chi connectivity index (χ1v) is 5.75. The number of ether oxygens (including phenoxy) is 1. The third-order valence-corrected chi connectivity index (χ3v) is 2.15. The van der Waals surface area contributed by atoms with Crippen molar-refractivity contribution in [3.05, 3.63) is 0 Å². The standard InChI is InChI=1S/C11H24N2O3/c1-4-5-13(6-7-14)8-11(15)12-10(2)9-16-3/h10,14H,4-9H2,1-3H3,(H,12,15). The zero-order valence-electron chi connectivity index (χ0n) is 10.5. The highest BCUT2D eigenvalue weighted by Gasteiger charge is 2.11. The van der Waals surface area contributed by atoms with Crippen molar-refractivity contribution in [3.63, 3.8) is 0 Å². The van der Waals surface area contributed by atoms with Gasteiger partial charge in [-0.2, -0.15) is 0 Å². The minimum absolute atomic E-state index is 0.0218. The molecule has 1 atom stereocenters. The lowest BCUT2D eigenvalue weighted by Crippen LogP contribution is -2.43. The molecule has 0 fully saturated rings. The van der Waals surface area contributed by atoms with Gasteiger partial charge in [-0.3, -0.25) is 9.69 Å². The Kier molecular flexibility index (Phi) is 9.18. The van der Waals surface area contributed by atoms with Crippen LogP contribution in [0.25, 0.3) is 0 Å². The molecule has 0 bridgehead atoms. The first-order chi connectivity index (χ1) is 7.63. The molecule has 16 heavy (non-hydrogen) atoms. The molecule has 0 rings (SSSR count). The lowest BCUT2D eigenvalue weighted by Gasteiger charge is -2.21. The van der Waals surface area contributed by atoms with Crippen molar-refractivity contribution in [2.24, 2.45) is 0 Å². The normalized spacial score (nSPS) is 12.8. The van der Waals surface area contributed by atoms with Gasteiger partial charge in [-0.15, -0.1) is 0 Å². The number of methoxy groups -OCH3 is 1. The Morgan fingerprint density at radius 2 is 2.19 bits per heavy atom. The number of carbonyl (C=O) groups excluding carboxylic acids is 1. The molecule has 5 heteroatoms. The molecule has 0 aromatic rings. The lowest BCUT2D eigenvalue weighted by atomic mass is 10.3. The van der Waals surface area contributed by atoms with Crippen LogP contribution in [0.4, 0.5) is 0 Å². The molecule has 0 aliphatic rings. The van der Waals surface area contributed by atoms with Crippen LogP contribution in [-0.4, -0.2) is 61.9 Å². The van der Waals surface area contributed by atoms with E-state index in [1.165, 1.54) is 0 Å². The van der Waals surface area contributed by atoms with Gasteiger partial charge in [-0.25, -0.2) is 0 Å². The highest BCUT2D eigenvalue weighted by Crippen LogP contribution is 1.91. The average molecular weight is 232 g/mol. The topological polar surface area (TPSA) is 61.8 Å². The van der Waals surface area contributed by atoms with Crippen molar-refractivity contribution >= 4 is 5.91 Å². The molecule has 0 radical (unpaired) electrons. The molecule has 0 spiro atoms. The summed E-state index contributed by atoms with van der Waals surface area (Å²) in [7, 11) is 1.61. The quantitative estimate of drug-likeness (QED) is 0.580. The largest absolute Gasteiger partial charge is 0.395 e. The van der Waals surface area contributed by atoms with Crippen LogP contribution < -0.4 is 5.32 Å². The molecule has 1 amide bonds. The summed E-state index contributed by atoms with van der Waals surface area (Å²) in [6.45, 7) is 6.25. The number of hydrogen-bond donors (Lipinski definition) is 2. The van der Waals surface area contributed by atoms with E-state index in [1.54, 1.807) is 7.11 Å². The second-order valence-corrected chi connectivity index (χ2v) is 3.92. The van der Waals surface area contributed by atoms with Crippen LogP contribution in [-0.2, 0) is 9.53 Å². The first kappa shape index (κ1) is 15.3. The Labute approximate surface area is 97.8 Å². The number of aliphatic hydroxyl groups is 1. The molecule has 0 aromatic heterocycles. The molecule has 96 valence electrons. The molecule has 0 aliphatic heterocycles. The van der Waals surface area contributed by atoms with E-state index in [2.05, 4.69) is 12.2 Å². The summed E-state index contributed by atoms with van der Waals surface area (Å²) in [5.74, 6) is -0.0218. The van der Waals surface area contributed by atoms with Crippen LogP contribution >= 0.6 is 0 Å². The van der Waals surface area contributed by atoms with Gasteiger partial charge in [0, 0.05) is 19.7 Å². The van der Waals surface area contributed by atoms with E-state index in [0.29, 0.717) is 19.7 Å². The highest BCUT2D eigenvalue weighted by molar-refractivity contribution is 5.78. The predicted octanol–water partition coefficient (Wildman–Crippen LogP) is -0.158. The maximum Gasteiger partial charge on any atom is 0.234 e. The van der Waals surface area contributed by atoms with E-state index in [9.17, 15) is 4.79 Å². The number of rotatable bonds is 9. The molecule has 1 unspecified atom stereocenters. The SMILES string of the molecule is CCCN(CCO)CC(=O)NC(C)COC. The van der Waals surface area contributed by atoms with Crippen molar-refractivity contribution < 1.29 is 14.6 Å². The zero-order chi connectivity index (χ0) is 12.4. The fourth-order valence-corrected chi connectivity index (χ4v) is 1.54. The van der Waals surface area contributed by atoms with Gasteiger partial charge < -0.3 is 15.2 Å². The van der Waals surface area contributed by atoms with Gasteiger partial charge in [-0.05, 0) is 19.9 Å². The second-order valence-electron chi connectivity index (χ2n) is 3.92. The summed E-state index contributed by atoms with van der Waals surface area (Å²) in [5, 5.41) is 11.7. The molecule has 0 heterocycles. The average Bonchev–Trinajstić information content (AvgIpc) is 2.18. The van der Waals surface area contributed by atoms with Gasteiger partial charge in [0.25, 0.3) is 0 Å². The van der Waals surface area contributed by atoms with Crippen LogP contribution in [0.2, 0.25) is 0 Å². The minimum atomic E-state index is -0.0218. The van der Waals surface area contributed by atoms with Crippen LogP contribution in [0.15, 0.2) is 0 Å². The first-order valence-electron chi connectivity index (χ1n) is 5.75. The van der Waals surface area contributed by atoms with Crippen molar-refractivity contribution in [1.82, 2.24) is 10.2 Å². The Balaban J connectivity index is 3.88. The van der Waals surface area contributed by atoms with Crippen molar-refractivity contribution in [1.29, 1.82) is 0 Å². The van der Waals surface area contributed by atoms with E-state index < -0.39 is 0 Å². The smallest absolute Gasteiger partial charge is 0.234 e. The number of nitrogens with one attached hydrogen (secondary N) is 1. The molecule has 0 saturated carbocycles. The van der Waals surface area contributed by atoms with Crippen molar-refractivity contribution in [2.75, 3.05) is 40.0 Å². The van der Waals surface area contributed by atoms with Crippen LogP contribution in [0.3, 0.4) is 0 Å². The van der Waals surface area contributed by atoms with Crippen molar-refractivity contribution in [2.45, 2.75) is 26.3 Å². The van der Waals surface area contributed by atoms with E-state index in [-0.39, 0.29) is 18.6 Å².